The Morgan fingerprint density at radius 3 is 2.59 bits per heavy atom. The van der Waals surface area contributed by atoms with Crippen LogP contribution in [0.5, 0.6) is 5.75 Å². The lowest BCUT2D eigenvalue weighted by Crippen LogP contribution is -2.43. The number of fused-ring (bicyclic) bond motifs is 1. The molecular formula is C24H26N6O2. The minimum absolute atomic E-state index is 0.280. The fraction of sp³-hybridized carbons (Fsp3) is 0.292. The number of H-pyrrole nitrogens is 1. The van der Waals surface area contributed by atoms with E-state index in [1.807, 2.05) is 56.3 Å². The zero-order chi connectivity index (χ0) is 22.1. The van der Waals surface area contributed by atoms with Crippen LogP contribution < -0.4 is 20.6 Å². The Morgan fingerprint density at radius 1 is 1.06 bits per heavy atom. The molecule has 164 valence electrons. The first-order chi connectivity index (χ1) is 15.7. The van der Waals surface area contributed by atoms with Crippen LogP contribution in [0.2, 0.25) is 0 Å². The largest absolute Gasteiger partial charge is 0.493 e. The SMILES string of the molecule is CCOc1cc(N2CCNCC2)ccc1-c1nc2c(C)nc(-c3ccccc3)n2c(=O)[nH]1. The third-order valence-electron chi connectivity index (χ3n) is 5.70. The zero-order valence-corrected chi connectivity index (χ0v) is 18.3. The van der Waals surface area contributed by atoms with Crippen LogP contribution >= 0.6 is 0 Å². The van der Waals surface area contributed by atoms with E-state index in [4.69, 9.17) is 9.72 Å². The second-order valence-electron chi connectivity index (χ2n) is 7.79. The lowest BCUT2D eigenvalue weighted by Gasteiger charge is -2.30. The van der Waals surface area contributed by atoms with Gasteiger partial charge >= 0.3 is 5.69 Å². The molecule has 32 heavy (non-hydrogen) atoms. The number of imidazole rings is 1. The zero-order valence-electron chi connectivity index (χ0n) is 18.3. The number of ether oxygens (including phenoxy) is 1. The molecule has 2 aromatic heterocycles. The molecule has 0 amide bonds. The Morgan fingerprint density at radius 2 is 1.84 bits per heavy atom. The van der Waals surface area contributed by atoms with Gasteiger partial charge in [-0.25, -0.2) is 19.2 Å². The summed E-state index contributed by atoms with van der Waals surface area (Å²) in [6.45, 7) is 8.16. The number of piperazine rings is 1. The summed E-state index contributed by atoms with van der Waals surface area (Å²) in [5.41, 5.74) is 3.69. The van der Waals surface area contributed by atoms with E-state index in [0.29, 0.717) is 35.3 Å². The van der Waals surface area contributed by atoms with Crippen LogP contribution in [0, 0.1) is 6.92 Å². The van der Waals surface area contributed by atoms with Crippen LogP contribution in [-0.2, 0) is 0 Å². The number of hydrogen-bond acceptors (Lipinski definition) is 6. The van der Waals surface area contributed by atoms with Crippen LogP contribution in [0.4, 0.5) is 5.69 Å². The van der Waals surface area contributed by atoms with Crippen LogP contribution in [0.3, 0.4) is 0 Å². The van der Waals surface area contributed by atoms with Gasteiger partial charge in [-0.2, -0.15) is 0 Å². The van der Waals surface area contributed by atoms with Gasteiger partial charge in [-0.15, -0.1) is 0 Å². The average molecular weight is 431 g/mol. The average Bonchev–Trinajstić information content (AvgIpc) is 3.17. The lowest BCUT2D eigenvalue weighted by atomic mass is 10.1. The van der Waals surface area contributed by atoms with Crippen LogP contribution in [0.25, 0.3) is 28.4 Å². The van der Waals surface area contributed by atoms with E-state index in [-0.39, 0.29) is 5.69 Å². The van der Waals surface area contributed by atoms with E-state index in [9.17, 15) is 4.79 Å². The summed E-state index contributed by atoms with van der Waals surface area (Å²) in [5.74, 6) is 1.76. The molecule has 8 nitrogen and oxygen atoms in total. The summed E-state index contributed by atoms with van der Waals surface area (Å²) in [7, 11) is 0. The molecule has 0 radical (unpaired) electrons. The van der Waals surface area contributed by atoms with Crippen molar-refractivity contribution in [1.29, 1.82) is 0 Å². The molecular weight excluding hydrogens is 404 g/mol. The molecule has 4 aromatic rings. The second kappa shape index (κ2) is 8.47. The van der Waals surface area contributed by atoms with E-state index in [1.165, 1.54) is 4.40 Å². The number of hydrogen-bond donors (Lipinski definition) is 2. The number of nitrogens with zero attached hydrogens (tertiary/aromatic N) is 4. The first kappa shape index (κ1) is 20.3. The fourth-order valence-electron chi connectivity index (χ4n) is 4.15. The molecule has 0 saturated carbocycles. The Labute approximate surface area is 185 Å². The minimum atomic E-state index is -0.280. The Balaban J connectivity index is 1.61. The van der Waals surface area contributed by atoms with Crippen molar-refractivity contribution in [2.45, 2.75) is 13.8 Å². The molecule has 0 spiro atoms. The highest BCUT2D eigenvalue weighted by Gasteiger charge is 2.19. The van der Waals surface area contributed by atoms with Gasteiger partial charge in [-0.1, -0.05) is 30.3 Å². The van der Waals surface area contributed by atoms with Crippen molar-refractivity contribution >= 4 is 11.3 Å². The van der Waals surface area contributed by atoms with Gasteiger partial charge in [0.2, 0.25) is 0 Å². The molecule has 0 atom stereocenters. The van der Waals surface area contributed by atoms with Gasteiger partial charge in [0.15, 0.2) is 5.65 Å². The van der Waals surface area contributed by atoms with E-state index >= 15 is 0 Å². The van der Waals surface area contributed by atoms with Crippen molar-refractivity contribution < 1.29 is 4.74 Å². The van der Waals surface area contributed by atoms with Gasteiger partial charge in [0.25, 0.3) is 0 Å². The molecule has 0 unspecified atom stereocenters. The molecule has 2 aromatic carbocycles. The number of aromatic nitrogens is 4. The molecule has 8 heteroatoms. The summed E-state index contributed by atoms with van der Waals surface area (Å²) >= 11 is 0. The van der Waals surface area contributed by atoms with Gasteiger partial charge in [0.1, 0.15) is 17.4 Å². The highest BCUT2D eigenvalue weighted by Crippen LogP contribution is 2.32. The van der Waals surface area contributed by atoms with Crippen molar-refractivity contribution in [2.75, 3.05) is 37.7 Å². The number of aryl methyl sites for hydroxylation is 1. The van der Waals surface area contributed by atoms with Crippen molar-refractivity contribution in [3.05, 3.63) is 64.7 Å². The molecule has 2 N–H and O–H groups in total. The van der Waals surface area contributed by atoms with Crippen molar-refractivity contribution in [1.82, 2.24) is 24.7 Å². The van der Waals surface area contributed by atoms with Crippen molar-refractivity contribution in [2.24, 2.45) is 0 Å². The van der Waals surface area contributed by atoms with Gasteiger partial charge in [-0.05, 0) is 26.0 Å². The Bertz CT molecular complexity index is 1310. The first-order valence-electron chi connectivity index (χ1n) is 10.9. The molecule has 1 aliphatic heterocycles. The number of nitrogens with one attached hydrogen (secondary N) is 2. The maximum Gasteiger partial charge on any atom is 0.334 e. The van der Waals surface area contributed by atoms with E-state index in [0.717, 1.165) is 43.0 Å². The first-order valence-corrected chi connectivity index (χ1v) is 10.9. The van der Waals surface area contributed by atoms with E-state index in [1.54, 1.807) is 0 Å². The van der Waals surface area contributed by atoms with E-state index < -0.39 is 0 Å². The van der Waals surface area contributed by atoms with Crippen LogP contribution in [0.15, 0.2) is 53.3 Å². The predicted octanol–water partition coefficient (Wildman–Crippen LogP) is 2.87. The quantitative estimate of drug-likeness (QED) is 0.506. The summed E-state index contributed by atoms with van der Waals surface area (Å²) < 4.78 is 7.48. The monoisotopic (exact) mass is 430 g/mol. The molecule has 0 bridgehead atoms. The second-order valence-corrected chi connectivity index (χ2v) is 7.79. The molecule has 1 saturated heterocycles. The van der Waals surface area contributed by atoms with Crippen LogP contribution in [-0.4, -0.2) is 52.1 Å². The lowest BCUT2D eigenvalue weighted by molar-refractivity contribution is 0.341. The van der Waals surface area contributed by atoms with Gasteiger partial charge in [-0.3, -0.25) is 4.98 Å². The molecule has 3 heterocycles. The molecule has 0 aliphatic carbocycles. The minimum Gasteiger partial charge on any atom is -0.493 e. The maximum atomic E-state index is 13.1. The number of anilines is 1. The highest BCUT2D eigenvalue weighted by molar-refractivity contribution is 5.71. The van der Waals surface area contributed by atoms with Gasteiger partial charge < -0.3 is 15.0 Å². The topological polar surface area (TPSA) is 87.5 Å². The Hall–Kier alpha value is -3.65. The molecule has 1 aliphatic rings. The number of aromatic amines is 1. The highest BCUT2D eigenvalue weighted by atomic mass is 16.5. The fourth-order valence-corrected chi connectivity index (χ4v) is 4.15. The number of rotatable bonds is 5. The van der Waals surface area contributed by atoms with Crippen molar-refractivity contribution in [3.63, 3.8) is 0 Å². The third kappa shape index (κ3) is 3.62. The summed E-state index contributed by atoms with van der Waals surface area (Å²) in [6.07, 6.45) is 0. The van der Waals surface area contributed by atoms with Crippen molar-refractivity contribution in [3.8, 4) is 28.5 Å². The number of benzene rings is 2. The molecule has 5 rings (SSSR count). The normalized spacial score (nSPS) is 14.1. The van der Waals surface area contributed by atoms with E-state index in [2.05, 4.69) is 26.3 Å². The summed E-state index contributed by atoms with van der Waals surface area (Å²) in [5, 5.41) is 3.37. The van der Waals surface area contributed by atoms with Gasteiger partial charge in [0.05, 0.1) is 17.9 Å². The maximum absolute atomic E-state index is 13.1. The summed E-state index contributed by atoms with van der Waals surface area (Å²) in [6, 6.07) is 15.7. The third-order valence-corrected chi connectivity index (χ3v) is 5.70. The van der Waals surface area contributed by atoms with Gasteiger partial charge in [0, 0.05) is 43.5 Å². The summed E-state index contributed by atoms with van der Waals surface area (Å²) in [4.78, 5) is 27.8. The standard InChI is InChI=1S/C24H26N6O2/c1-3-32-20-15-18(29-13-11-25-12-14-29)9-10-19(20)21-27-22-16(2)26-23(30(22)24(31)28-21)17-7-5-4-6-8-17/h4-10,15,25H,3,11-14H2,1-2H3,(H,27,28,31). The smallest absolute Gasteiger partial charge is 0.334 e. The molecule has 1 fully saturated rings. The predicted molar refractivity (Wildman–Crippen MR) is 125 cm³/mol. The Kier molecular flexibility index (Phi) is 5.36. The van der Waals surface area contributed by atoms with Crippen LogP contribution in [0.1, 0.15) is 12.6 Å².